The fourth-order valence-corrected chi connectivity index (χ4v) is 17.4. The van der Waals surface area contributed by atoms with Crippen LogP contribution in [0.2, 0.25) is 0 Å². The van der Waals surface area contributed by atoms with Crippen molar-refractivity contribution in [2.24, 2.45) is 59.0 Å². The smallest absolute Gasteiger partial charge is 0.407 e. The Hall–Kier alpha value is -8.40. The van der Waals surface area contributed by atoms with Crippen LogP contribution >= 0.6 is 0 Å². The average molecular weight is 1840 g/mol. The molecule has 0 aliphatic carbocycles. The molecule has 0 aromatic heterocycles. The van der Waals surface area contributed by atoms with Crippen molar-refractivity contribution >= 4 is 71.3 Å². The standard InChI is InChI=1S/C49H83N5O10.C34H56N4O7.C14H28N2O4.CH4/c1-16-33(6)43(53(12)46(58)36(31(2)3)29-39(55)42(32(4)5)52(11)26-21-25-50-48(60)64-49(8,9)10)40(61-13)30-41(56)54-27-20-24-38(54)44(62-14)34(7)45(57)51-37(47(59)63-15)28-35-22-18-17-19-23-35;1-10-22(4)30(37(6)33(41)29(35)21(2)3)27(43-7)20-28(39)38-18-14-17-26(38)31(44-8)23(5)32(40)36-25(34(42)45-9)19-24-15-12-11-13-16-24;1-10(2)11(12(17)18)16(6)9-7-8-15-13(19)20-14(3,4)5;/h17-19,22-23,31-34,36-38,40,42-44H,16,20-21,24-30H2,1-15H3,(H,50,60)(H,51,57);11-13,15-16,21-23,25-27,29-31H,10,14,17-20,35H2,1-9H3,(H,36,40);10-11H,7-9H2,1-6H3,(H,15,19)(H,17,18);1H4/t33-,34+,36-,37-,38-,40+,42-,43-,44+;22-,23+,25-,26-,27+,29-,30-,31+;11-;/m000./s1. The molecule has 2 aromatic carbocycles. The maximum absolute atomic E-state index is 14.6. The van der Waals surface area contributed by atoms with Gasteiger partial charge in [0.15, 0.2) is 5.78 Å². The summed E-state index contributed by atoms with van der Waals surface area (Å²) in [5.41, 5.74) is 6.87. The van der Waals surface area contributed by atoms with Gasteiger partial charge in [0.25, 0.3) is 0 Å². The number of carboxylic acids is 1. The lowest BCUT2D eigenvalue weighted by Gasteiger charge is -2.41. The molecule has 744 valence electrons. The van der Waals surface area contributed by atoms with Crippen molar-refractivity contribution in [3.63, 3.8) is 0 Å². The maximum atomic E-state index is 14.6. The van der Waals surface area contributed by atoms with Gasteiger partial charge in [0.1, 0.15) is 29.3 Å². The minimum absolute atomic E-state index is 0. The molecule has 32 heteroatoms. The molecule has 2 heterocycles. The van der Waals surface area contributed by atoms with Gasteiger partial charge < -0.3 is 89.6 Å². The summed E-state index contributed by atoms with van der Waals surface area (Å²) in [5, 5.41) is 20.3. The van der Waals surface area contributed by atoms with E-state index in [1.807, 2.05) is 176 Å². The number of ether oxygens (including phenoxy) is 8. The molecule has 0 bridgehead atoms. The molecule has 0 unspecified atom stereocenters. The number of Topliss-reactive ketones (excluding diaryl/α,β-unsaturated/α-hetero) is 1. The minimum atomic E-state index is -0.904. The third-order valence-corrected chi connectivity index (χ3v) is 24.7. The van der Waals surface area contributed by atoms with Gasteiger partial charge in [0.2, 0.25) is 35.4 Å². The summed E-state index contributed by atoms with van der Waals surface area (Å²) in [6.07, 6.45) is 2.79. The first kappa shape index (κ1) is 120. The molecule has 32 nitrogen and oxygen atoms in total. The monoisotopic (exact) mass is 1840 g/mol. The summed E-state index contributed by atoms with van der Waals surface area (Å²) in [4.78, 5) is 168. The van der Waals surface area contributed by atoms with E-state index in [0.29, 0.717) is 77.8 Å². The van der Waals surface area contributed by atoms with Crippen LogP contribution in [0.1, 0.15) is 228 Å². The topological polar surface area (TPSA) is 392 Å². The van der Waals surface area contributed by atoms with E-state index >= 15 is 0 Å². The van der Waals surface area contributed by atoms with Crippen molar-refractivity contribution in [1.29, 1.82) is 0 Å². The van der Waals surface area contributed by atoms with Gasteiger partial charge >= 0.3 is 30.1 Å². The zero-order valence-corrected chi connectivity index (χ0v) is 83.8. The van der Waals surface area contributed by atoms with Gasteiger partial charge in [-0.2, -0.15) is 0 Å². The van der Waals surface area contributed by atoms with Crippen LogP contribution in [0, 0.1) is 53.3 Å². The Balaban J connectivity index is 0.00000110. The van der Waals surface area contributed by atoms with E-state index in [1.165, 1.54) is 28.4 Å². The minimum Gasteiger partial charge on any atom is -0.480 e. The molecular formula is C98H171N11O21. The molecule has 8 amide bonds. The van der Waals surface area contributed by atoms with Crippen molar-refractivity contribution in [3.05, 3.63) is 71.8 Å². The SMILES string of the molecule is C.CC(C)[C@@H](C(=O)O)N(C)CCCNC(=O)OC(C)(C)C.CC[C@H](C)[C@@H]([C@@H](CC(=O)N1CCC[C@H]1[C@H](OC)[C@@H](C)C(=O)N[C@@H](Cc1ccccc1)C(=O)OC)OC)N(C)C(=O)[C@@H](CC(=O)[C@H](C(C)C)N(C)CCCNC(=O)OC(C)(C)C)C(C)C.CC[C@H](C)[C@@H]([C@@H](CC(=O)N1CCC[C@H]1[C@H](OC)[C@@H](C)C(=O)N[C@@H](Cc1ccccc1)C(=O)OC)OC)N(C)C(=O)[C@@H](N)C(C)C. The van der Waals surface area contributed by atoms with E-state index in [0.717, 1.165) is 24.0 Å². The number of nitrogens with two attached hydrogens (primary N) is 1. The van der Waals surface area contributed by atoms with Crippen LogP contribution in [-0.4, -0.2) is 306 Å². The number of alkyl carbamates (subject to hydrolysis) is 2. The van der Waals surface area contributed by atoms with Crippen LogP contribution < -0.4 is 27.0 Å². The van der Waals surface area contributed by atoms with Gasteiger partial charge in [-0.05, 0) is 141 Å². The number of carbonyl (C=O) groups is 12. The second-order valence-electron chi connectivity index (χ2n) is 38.3. The predicted octanol–water partition coefficient (Wildman–Crippen LogP) is 11.3. The summed E-state index contributed by atoms with van der Waals surface area (Å²) < 4.78 is 44.2. The van der Waals surface area contributed by atoms with Gasteiger partial charge in [-0.15, -0.1) is 0 Å². The maximum Gasteiger partial charge on any atom is 0.407 e. The van der Waals surface area contributed by atoms with Crippen molar-refractivity contribution in [1.82, 2.24) is 50.7 Å². The number of esters is 2. The number of carboxylic acid groups (broad SMARTS) is 1. The summed E-state index contributed by atoms with van der Waals surface area (Å²) >= 11 is 0. The average Bonchev–Trinajstić information content (AvgIpc) is 1.49. The van der Waals surface area contributed by atoms with E-state index in [9.17, 15) is 57.5 Å². The third-order valence-electron chi connectivity index (χ3n) is 24.7. The van der Waals surface area contributed by atoms with Crippen LogP contribution in [0.4, 0.5) is 9.59 Å². The highest BCUT2D eigenvalue weighted by molar-refractivity contribution is 5.91. The van der Waals surface area contributed by atoms with E-state index < -0.39 is 126 Å². The number of nitrogens with zero attached hydrogens (tertiary/aromatic N) is 6. The molecule has 130 heavy (non-hydrogen) atoms. The van der Waals surface area contributed by atoms with Crippen LogP contribution in [-0.2, 0) is 98.7 Å². The lowest BCUT2D eigenvalue weighted by molar-refractivity contribution is -0.150. The molecule has 2 aliphatic rings. The number of hydrogen-bond acceptors (Lipinski definition) is 23. The fourth-order valence-electron chi connectivity index (χ4n) is 17.4. The Kier molecular flexibility index (Phi) is 54.5. The molecular weight excluding hydrogens is 1670 g/mol. The van der Waals surface area contributed by atoms with E-state index in [2.05, 4.69) is 21.3 Å². The number of amides is 8. The number of aliphatic carboxylic acids is 1. The quantitative estimate of drug-likeness (QED) is 0.0203. The van der Waals surface area contributed by atoms with Crippen LogP contribution in [0.25, 0.3) is 0 Å². The Morgan fingerprint density at radius 3 is 1.15 bits per heavy atom. The van der Waals surface area contributed by atoms with Gasteiger partial charge in [-0.3, -0.25) is 48.2 Å². The molecule has 2 aliphatic heterocycles. The highest BCUT2D eigenvalue weighted by Crippen LogP contribution is 2.34. The lowest BCUT2D eigenvalue weighted by Crippen LogP contribution is -2.56. The van der Waals surface area contributed by atoms with E-state index in [-0.39, 0.29) is 128 Å². The van der Waals surface area contributed by atoms with Gasteiger partial charge in [0, 0.05) is 107 Å². The lowest BCUT2D eigenvalue weighted by atomic mass is 9.83. The first-order valence-corrected chi connectivity index (χ1v) is 46.3. The van der Waals surface area contributed by atoms with Crippen molar-refractivity contribution < 1.29 is 101 Å². The molecule has 2 fully saturated rings. The molecule has 0 saturated carbocycles. The first-order chi connectivity index (χ1) is 60.4. The number of likely N-dealkylation sites (tertiary alicyclic amines) is 2. The largest absolute Gasteiger partial charge is 0.480 e. The molecule has 0 radical (unpaired) electrons. The Bertz CT molecular complexity index is 3730. The Morgan fingerprint density at radius 2 is 0.846 bits per heavy atom. The number of likely N-dealkylation sites (N-methyl/N-ethyl adjacent to an activating group) is 4. The van der Waals surface area contributed by atoms with Crippen molar-refractivity contribution in [2.75, 3.05) is 110 Å². The summed E-state index contributed by atoms with van der Waals surface area (Å²) in [7, 11) is 15.9. The van der Waals surface area contributed by atoms with Crippen molar-refractivity contribution in [2.45, 2.75) is 319 Å². The van der Waals surface area contributed by atoms with Gasteiger partial charge in [-0.1, -0.05) is 178 Å². The molecule has 2 aromatic rings. The summed E-state index contributed by atoms with van der Waals surface area (Å²) in [6, 6.07) is 13.8. The Morgan fingerprint density at radius 1 is 0.492 bits per heavy atom. The van der Waals surface area contributed by atoms with Gasteiger partial charge in [0.05, 0.1) is 99.6 Å². The van der Waals surface area contributed by atoms with Crippen molar-refractivity contribution in [3.8, 4) is 0 Å². The zero-order chi connectivity index (χ0) is 98.2. The molecule has 0 spiro atoms. The second kappa shape index (κ2) is 59.3. The number of rotatable bonds is 50. The summed E-state index contributed by atoms with van der Waals surface area (Å²) in [5.74, 6) is -5.48. The number of benzene rings is 2. The molecule has 2 saturated heterocycles. The van der Waals surface area contributed by atoms with Crippen LogP contribution in [0.5, 0.6) is 0 Å². The normalized spacial score (nSPS) is 17.8. The third kappa shape index (κ3) is 39.0. The first-order valence-electron chi connectivity index (χ1n) is 46.3. The fraction of sp³-hybridized carbons (Fsp3) is 0.755. The number of carbonyl (C=O) groups excluding carboxylic acids is 11. The molecule has 7 N–H and O–H groups in total. The van der Waals surface area contributed by atoms with Crippen LogP contribution in [0.15, 0.2) is 60.7 Å². The predicted molar refractivity (Wildman–Crippen MR) is 506 cm³/mol. The molecule has 18 atom stereocenters. The number of ketones is 1. The Labute approximate surface area is 779 Å². The van der Waals surface area contributed by atoms with E-state index in [1.54, 1.807) is 94.5 Å². The van der Waals surface area contributed by atoms with Crippen LogP contribution in [0.3, 0.4) is 0 Å². The highest BCUT2D eigenvalue weighted by atomic mass is 16.6. The van der Waals surface area contributed by atoms with E-state index in [4.69, 9.17) is 48.7 Å². The number of hydrogen-bond donors (Lipinski definition) is 6. The molecule has 4 rings (SSSR count). The second-order valence-corrected chi connectivity index (χ2v) is 38.3. The highest BCUT2D eigenvalue weighted by Gasteiger charge is 2.47. The zero-order valence-electron chi connectivity index (χ0n) is 83.8. The number of methoxy groups -OCH3 is 6. The summed E-state index contributed by atoms with van der Waals surface area (Å²) in [6.45, 7) is 41.0. The number of nitrogens with one attached hydrogen (secondary N) is 4. The van der Waals surface area contributed by atoms with Gasteiger partial charge in [-0.25, -0.2) is 19.2 Å².